The molecule has 3 heteroatoms. The van der Waals surface area contributed by atoms with Crippen molar-refractivity contribution in [2.45, 2.75) is 12.2 Å². The van der Waals surface area contributed by atoms with E-state index in [-0.39, 0.29) is 10.4 Å². The van der Waals surface area contributed by atoms with E-state index in [9.17, 15) is 4.79 Å². The van der Waals surface area contributed by atoms with Crippen molar-refractivity contribution in [2.75, 3.05) is 6.26 Å². The summed E-state index contributed by atoms with van der Waals surface area (Å²) in [6.45, 7) is 1.83. The molecule has 42 valence electrons. The first-order valence-electron chi connectivity index (χ1n) is 1.94. The van der Waals surface area contributed by atoms with E-state index in [1.807, 2.05) is 13.2 Å². The Morgan fingerprint density at radius 3 is 2.29 bits per heavy atom. The molecule has 0 bridgehead atoms. The molecule has 1 atom stereocenters. The second-order valence-electron chi connectivity index (χ2n) is 1.22. The van der Waals surface area contributed by atoms with Crippen LogP contribution < -0.4 is 0 Å². The second kappa shape index (κ2) is 3.38. The fourth-order valence-corrected chi connectivity index (χ4v) is 0.619. The molecule has 0 aliphatic heterocycles. The Hall–Kier alpha value is 0.370. The largest absolute Gasteiger partial charge is 0.286 e. The number of carbonyl (C=O) groups is 1. The van der Waals surface area contributed by atoms with Crippen LogP contribution in [-0.4, -0.2) is 16.6 Å². The van der Waals surface area contributed by atoms with Crippen LogP contribution in [0.1, 0.15) is 6.92 Å². The van der Waals surface area contributed by atoms with Gasteiger partial charge in [0, 0.05) is 0 Å². The Labute approximate surface area is 53.3 Å². The van der Waals surface area contributed by atoms with Crippen LogP contribution in [0.5, 0.6) is 0 Å². The standard InChI is InChI=1S/C4H8OS2/c1-3(7-2)4(5)6/h3H,1-2H3,(H,5,6). The van der Waals surface area contributed by atoms with Crippen LogP contribution in [-0.2, 0) is 4.79 Å². The van der Waals surface area contributed by atoms with Gasteiger partial charge in [-0.1, -0.05) is 0 Å². The van der Waals surface area contributed by atoms with Gasteiger partial charge in [-0.2, -0.15) is 11.8 Å². The molecular weight excluding hydrogens is 128 g/mol. The van der Waals surface area contributed by atoms with E-state index in [4.69, 9.17) is 0 Å². The number of thioether (sulfide) groups is 1. The second-order valence-corrected chi connectivity index (χ2v) is 2.84. The van der Waals surface area contributed by atoms with Crippen LogP contribution in [0.25, 0.3) is 0 Å². The van der Waals surface area contributed by atoms with Crippen LogP contribution in [0.2, 0.25) is 0 Å². The Morgan fingerprint density at radius 2 is 2.29 bits per heavy atom. The lowest BCUT2D eigenvalue weighted by atomic mass is 10.5. The van der Waals surface area contributed by atoms with E-state index in [0.717, 1.165) is 0 Å². The van der Waals surface area contributed by atoms with Crippen molar-refractivity contribution >= 4 is 29.5 Å². The number of rotatable bonds is 2. The van der Waals surface area contributed by atoms with Crippen molar-refractivity contribution in [3.63, 3.8) is 0 Å². The Bertz CT molecular complexity index is 72.1. The maximum Gasteiger partial charge on any atom is 0.198 e. The lowest BCUT2D eigenvalue weighted by molar-refractivity contribution is -0.110. The molecule has 0 radical (unpaired) electrons. The smallest absolute Gasteiger partial charge is 0.198 e. The van der Waals surface area contributed by atoms with E-state index in [0.29, 0.717) is 0 Å². The summed E-state index contributed by atoms with van der Waals surface area (Å²) in [6, 6.07) is 0. The zero-order valence-corrected chi connectivity index (χ0v) is 6.05. The van der Waals surface area contributed by atoms with Gasteiger partial charge in [0.15, 0.2) is 5.12 Å². The molecule has 0 spiro atoms. The quantitative estimate of drug-likeness (QED) is 0.574. The molecule has 0 heterocycles. The van der Waals surface area contributed by atoms with Crippen molar-refractivity contribution in [2.24, 2.45) is 0 Å². The van der Waals surface area contributed by atoms with Gasteiger partial charge in [0.25, 0.3) is 0 Å². The maximum absolute atomic E-state index is 10.2. The summed E-state index contributed by atoms with van der Waals surface area (Å²) in [5.41, 5.74) is 0. The number of hydrogen-bond acceptors (Lipinski definition) is 2. The van der Waals surface area contributed by atoms with Gasteiger partial charge in [0.2, 0.25) is 0 Å². The lowest BCUT2D eigenvalue weighted by Crippen LogP contribution is -2.03. The summed E-state index contributed by atoms with van der Waals surface area (Å²) in [7, 11) is 0. The van der Waals surface area contributed by atoms with Crippen LogP contribution in [0, 0.1) is 0 Å². The molecule has 0 aromatic carbocycles. The average Bonchev–Trinajstić information content (AvgIpc) is 1.65. The van der Waals surface area contributed by atoms with E-state index in [2.05, 4.69) is 12.6 Å². The molecule has 0 aliphatic carbocycles. The number of hydrogen-bond donors (Lipinski definition) is 1. The number of thiol groups is 1. The zero-order chi connectivity index (χ0) is 5.86. The molecule has 0 aromatic heterocycles. The molecule has 1 unspecified atom stereocenters. The predicted molar refractivity (Wildman–Crippen MR) is 37.0 cm³/mol. The minimum atomic E-state index is -0.0486. The summed E-state index contributed by atoms with van der Waals surface area (Å²) < 4.78 is 0. The van der Waals surface area contributed by atoms with E-state index >= 15 is 0 Å². The molecule has 7 heavy (non-hydrogen) atoms. The molecule has 0 fully saturated rings. The highest BCUT2D eigenvalue weighted by molar-refractivity contribution is 8.04. The summed E-state index contributed by atoms with van der Waals surface area (Å²) in [4.78, 5) is 10.2. The first-order valence-corrected chi connectivity index (χ1v) is 3.67. The highest BCUT2D eigenvalue weighted by Gasteiger charge is 2.03. The van der Waals surface area contributed by atoms with Crippen molar-refractivity contribution < 1.29 is 4.79 Å². The normalized spacial score (nSPS) is 13.6. The molecular formula is C4H8OS2. The summed E-state index contributed by atoms with van der Waals surface area (Å²) in [6.07, 6.45) is 1.89. The molecule has 0 rings (SSSR count). The molecule has 0 aromatic rings. The topological polar surface area (TPSA) is 17.1 Å². The summed E-state index contributed by atoms with van der Waals surface area (Å²) >= 11 is 5.12. The van der Waals surface area contributed by atoms with Crippen molar-refractivity contribution in [1.82, 2.24) is 0 Å². The summed E-state index contributed by atoms with van der Waals surface area (Å²) in [5.74, 6) is 0. The SMILES string of the molecule is CSC(C)C(=O)S. The van der Waals surface area contributed by atoms with E-state index in [1.165, 1.54) is 11.8 Å². The molecule has 0 aliphatic rings. The monoisotopic (exact) mass is 136 g/mol. The predicted octanol–water partition coefficient (Wildman–Crippen LogP) is 1.19. The van der Waals surface area contributed by atoms with Crippen molar-refractivity contribution in [3.05, 3.63) is 0 Å². The van der Waals surface area contributed by atoms with Crippen molar-refractivity contribution in [1.29, 1.82) is 0 Å². The molecule has 0 amide bonds. The third-order valence-corrected chi connectivity index (χ3v) is 2.18. The van der Waals surface area contributed by atoms with Gasteiger partial charge >= 0.3 is 0 Å². The van der Waals surface area contributed by atoms with Gasteiger partial charge in [0.05, 0.1) is 5.25 Å². The van der Waals surface area contributed by atoms with Gasteiger partial charge in [-0.05, 0) is 13.2 Å². The molecule has 0 N–H and O–H groups in total. The third-order valence-electron chi connectivity index (χ3n) is 0.701. The minimum absolute atomic E-state index is 0.0448. The maximum atomic E-state index is 10.2. The lowest BCUT2D eigenvalue weighted by Gasteiger charge is -1.97. The fourth-order valence-electron chi connectivity index (χ4n) is 0.101. The molecule has 0 saturated heterocycles. The van der Waals surface area contributed by atoms with Crippen LogP contribution >= 0.6 is 24.4 Å². The van der Waals surface area contributed by atoms with Gasteiger partial charge in [-0.15, -0.1) is 12.6 Å². The minimum Gasteiger partial charge on any atom is -0.286 e. The first-order chi connectivity index (χ1) is 3.18. The van der Waals surface area contributed by atoms with E-state index < -0.39 is 0 Å². The highest BCUT2D eigenvalue weighted by Crippen LogP contribution is 2.06. The highest BCUT2D eigenvalue weighted by atomic mass is 32.2. The Kier molecular flexibility index (Phi) is 3.56. The molecule has 0 saturated carbocycles. The molecule has 1 nitrogen and oxygen atoms in total. The average molecular weight is 136 g/mol. The van der Waals surface area contributed by atoms with Gasteiger partial charge in [-0.25, -0.2) is 0 Å². The summed E-state index contributed by atoms with van der Waals surface area (Å²) in [5, 5.41) is -0.00386. The van der Waals surface area contributed by atoms with Gasteiger partial charge in [-0.3, -0.25) is 4.79 Å². The van der Waals surface area contributed by atoms with Gasteiger partial charge < -0.3 is 0 Å². The van der Waals surface area contributed by atoms with Crippen LogP contribution in [0.15, 0.2) is 0 Å². The van der Waals surface area contributed by atoms with Crippen molar-refractivity contribution in [3.8, 4) is 0 Å². The van der Waals surface area contributed by atoms with Gasteiger partial charge in [0.1, 0.15) is 0 Å². The zero-order valence-electron chi connectivity index (χ0n) is 4.34. The Balaban J connectivity index is 3.34. The van der Waals surface area contributed by atoms with Crippen LogP contribution in [0.3, 0.4) is 0 Å². The number of carbonyl (C=O) groups excluding carboxylic acids is 1. The Morgan fingerprint density at radius 1 is 1.86 bits per heavy atom. The van der Waals surface area contributed by atoms with Crippen LogP contribution in [0.4, 0.5) is 0 Å². The third kappa shape index (κ3) is 3.00. The van der Waals surface area contributed by atoms with E-state index in [1.54, 1.807) is 0 Å². The first kappa shape index (κ1) is 7.37. The fraction of sp³-hybridized carbons (Fsp3) is 0.750.